The van der Waals surface area contributed by atoms with E-state index < -0.39 is 22.5 Å². The number of hydrogen-bond donors (Lipinski definition) is 0. The minimum absolute atomic E-state index is 0.0490. The number of carbonyl (C=O) groups is 1. The van der Waals surface area contributed by atoms with E-state index in [1.807, 2.05) is 54.6 Å². The highest BCUT2D eigenvalue weighted by atomic mass is 32.1. The van der Waals surface area contributed by atoms with Crippen molar-refractivity contribution in [1.29, 1.82) is 0 Å². The van der Waals surface area contributed by atoms with Crippen LogP contribution in [0.3, 0.4) is 0 Å². The molecule has 3 aromatic carbocycles. The first-order chi connectivity index (χ1) is 20.8. The molecule has 0 fully saturated rings. The quantitative estimate of drug-likeness (QED) is 0.172. The Morgan fingerprint density at radius 3 is 2.49 bits per heavy atom. The van der Waals surface area contributed by atoms with Crippen LogP contribution in [-0.4, -0.2) is 28.9 Å². The highest BCUT2D eigenvalue weighted by Crippen LogP contribution is 2.39. The van der Waals surface area contributed by atoms with E-state index in [1.54, 1.807) is 6.92 Å². The van der Waals surface area contributed by atoms with E-state index >= 15 is 0 Å². The molecule has 218 valence electrons. The number of nitrogens with zero attached hydrogens (tertiary/aromatic N) is 3. The molecule has 2 aliphatic rings. The molecule has 4 aromatic rings. The fourth-order valence-corrected chi connectivity index (χ4v) is 6.17. The normalized spacial score (nSPS) is 15.8. The largest absolute Gasteiger partial charge is 0.463 e. The number of thiazole rings is 1. The molecule has 0 N–H and O–H groups in total. The monoisotopic (exact) mass is 597 g/mol. The Hall–Kier alpha value is -5.03. The van der Waals surface area contributed by atoms with Gasteiger partial charge in [0.2, 0.25) is 6.79 Å². The zero-order chi connectivity index (χ0) is 30.2. The second-order valence-corrected chi connectivity index (χ2v) is 11.3. The molecule has 0 bridgehead atoms. The first kappa shape index (κ1) is 28.1. The molecule has 0 spiro atoms. The average Bonchev–Trinajstić information content (AvgIpc) is 3.59. The van der Waals surface area contributed by atoms with Gasteiger partial charge in [0.25, 0.3) is 11.2 Å². The third-order valence-electron chi connectivity index (χ3n) is 7.30. The van der Waals surface area contributed by atoms with E-state index in [0.29, 0.717) is 27.4 Å². The van der Waals surface area contributed by atoms with Crippen LogP contribution < -0.4 is 24.4 Å². The molecule has 10 nitrogen and oxygen atoms in total. The molecule has 0 aliphatic carbocycles. The number of fused-ring (bicyclic) bond motifs is 2. The molecule has 43 heavy (non-hydrogen) atoms. The number of nitro groups is 1. The summed E-state index contributed by atoms with van der Waals surface area (Å²) in [5.74, 6) is 0.322. The van der Waals surface area contributed by atoms with Gasteiger partial charge in [0.1, 0.15) is 0 Å². The summed E-state index contributed by atoms with van der Waals surface area (Å²) in [5, 5.41) is 11.9. The van der Waals surface area contributed by atoms with Crippen molar-refractivity contribution in [2.75, 3.05) is 13.4 Å². The van der Waals surface area contributed by atoms with Gasteiger partial charge in [-0.1, -0.05) is 79.8 Å². The van der Waals surface area contributed by atoms with Gasteiger partial charge in [-0.25, -0.2) is 9.79 Å². The van der Waals surface area contributed by atoms with Gasteiger partial charge in [-0.05, 0) is 36.1 Å². The fourth-order valence-electron chi connectivity index (χ4n) is 5.18. The zero-order valence-electron chi connectivity index (χ0n) is 23.6. The van der Waals surface area contributed by atoms with E-state index in [1.165, 1.54) is 22.8 Å². The summed E-state index contributed by atoms with van der Waals surface area (Å²) in [6, 6.07) is 19.0. The van der Waals surface area contributed by atoms with Crippen molar-refractivity contribution in [3.05, 3.63) is 124 Å². The molecule has 1 aromatic heterocycles. The van der Waals surface area contributed by atoms with Crippen LogP contribution in [0.5, 0.6) is 11.5 Å². The Balaban J connectivity index is 1.63. The van der Waals surface area contributed by atoms with Gasteiger partial charge >= 0.3 is 5.97 Å². The number of aromatic nitrogens is 1. The topological polar surface area (TPSA) is 122 Å². The van der Waals surface area contributed by atoms with Gasteiger partial charge in [-0.2, -0.15) is 0 Å². The Morgan fingerprint density at radius 1 is 1.14 bits per heavy atom. The summed E-state index contributed by atoms with van der Waals surface area (Å²) in [4.78, 5) is 44.3. The van der Waals surface area contributed by atoms with Crippen LogP contribution in [0.4, 0.5) is 5.69 Å². The van der Waals surface area contributed by atoms with Gasteiger partial charge in [0.05, 0.1) is 45.0 Å². The Labute approximate surface area is 250 Å². The molecule has 0 unspecified atom stereocenters. The maximum Gasteiger partial charge on any atom is 0.338 e. The molecule has 11 heteroatoms. The molecule has 6 rings (SSSR count). The smallest absolute Gasteiger partial charge is 0.338 e. The fraction of sp³-hybridized carbons (Fsp3) is 0.219. The Kier molecular flexibility index (Phi) is 7.41. The number of hydrogen-bond acceptors (Lipinski definition) is 9. The summed E-state index contributed by atoms with van der Waals surface area (Å²) in [6.07, 6.45) is 1.46. The van der Waals surface area contributed by atoms with Crippen LogP contribution in [-0.2, 0) is 9.53 Å². The van der Waals surface area contributed by atoms with E-state index in [-0.39, 0.29) is 46.4 Å². The lowest BCUT2D eigenvalue weighted by Gasteiger charge is -2.26. The maximum atomic E-state index is 14.1. The molecular weight excluding hydrogens is 570 g/mol. The molecule has 0 amide bonds. The first-order valence-corrected chi connectivity index (χ1v) is 14.5. The lowest BCUT2D eigenvalue weighted by molar-refractivity contribution is -0.385. The van der Waals surface area contributed by atoms with Crippen molar-refractivity contribution in [2.45, 2.75) is 32.7 Å². The second-order valence-electron chi connectivity index (χ2n) is 10.3. The predicted octanol–water partition coefficient (Wildman–Crippen LogP) is 4.70. The molecule has 0 saturated heterocycles. The summed E-state index contributed by atoms with van der Waals surface area (Å²) in [6.45, 7) is 5.99. The van der Waals surface area contributed by atoms with Crippen LogP contribution in [0.25, 0.3) is 11.8 Å². The van der Waals surface area contributed by atoms with Crippen molar-refractivity contribution >= 4 is 34.8 Å². The predicted molar refractivity (Wildman–Crippen MR) is 161 cm³/mol. The van der Waals surface area contributed by atoms with Gasteiger partial charge < -0.3 is 14.2 Å². The molecule has 0 radical (unpaired) electrons. The van der Waals surface area contributed by atoms with Crippen LogP contribution in [0.2, 0.25) is 0 Å². The van der Waals surface area contributed by atoms with Crippen LogP contribution in [0.15, 0.2) is 82.1 Å². The minimum Gasteiger partial charge on any atom is -0.463 e. The van der Waals surface area contributed by atoms with E-state index in [9.17, 15) is 19.7 Å². The minimum atomic E-state index is -0.847. The molecule has 1 atom stereocenters. The SMILES string of the molecule is CCOC(=O)C1=C(c2ccccc2)N=c2s/c(=C\c3cc4c(cc3[N+](=O)[O-])OCO4)c(=O)n2[C@H]1c1ccc(C(C)C)cc1. The molecular formula is C32H27N3O7S. The Bertz CT molecular complexity index is 1960. The first-order valence-electron chi connectivity index (χ1n) is 13.7. The van der Waals surface area contributed by atoms with Gasteiger partial charge in [-0.15, -0.1) is 0 Å². The highest BCUT2D eigenvalue weighted by molar-refractivity contribution is 7.07. The lowest BCUT2D eigenvalue weighted by Crippen LogP contribution is -2.40. The number of rotatable bonds is 7. The van der Waals surface area contributed by atoms with Gasteiger partial charge in [-0.3, -0.25) is 19.5 Å². The van der Waals surface area contributed by atoms with Crippen molar-refractivity contribution in [3.8, 4) is 11.5 Å². The van der Waals surface area contributed by atoms with Crippen LogP contribution >= 0.6 is 11.3 Å². The van der Waals surface area contributed by atoms with Gasteiger partial charge in [0.15, 0.2) is 16.3 Å². The molecule has 2 aliphatic heterocycles. The molecule has 3 heterocycles. The van der Waals surface area contributed by atoms with Crippen LogP contribution in [0, 0.1) is 10.1 Å². The number of nitro benzene ring substituents is 1. The summed E-state index contributed by atoms with van der Waals surface area (Å²) >= 11 is 1.09. The number of esters is 1. The number of carbonyl (C=O) groups excluding carboxylic acids is 1. The van der Waals surface area contributed by atoms with Crippen molar-refractivity contribution < 1.29 is 23.9 Å². The zero-order valence-corrected chi connectivity index (χ0v) is 24.4. The lowest BCUT2D eigenvalue weighted by atomic mass is 9.91. The number of ether oxygens (including phenoxy) is 3. The average molecular weight is 598 g/mol. The Morgan fingerprint density at radius 2 is 1.84 bits per heavy atom. The molecule has 0 saturated carbocycles. The summed E-state index contributed by atoms with van der Waals surface area (Å²) < 4.78 is 17.9. The van der Waals surface area contributed by atoms with Crippen LogP contribution in [0.1, 0.15) is 55.0 Å². The van der Waals surface area contributed by atoms with Gasteiger partial charge in [0, 0.05) is 5.56 Å². The van der Waals surface area contributed by atoms with Crippen molar-refractivity contribution in [1.82, 2.24) is 4.57 Å². The third-order valence-corrected chi connectivity index (χ3v) is 8.28. The summed E-state index contributed by atoms with van der Waals surface area (Å²) in [7, 11) is 0. The van der Waals surface area contributed by atoms with E-state index in [4.69, 9.17) is 19.2 Å². The van der Waals surface area contributed by atoms with E-state index in [0.717, 1.165) is 16.9 Å². The highest BCUT2D eigenvalue weighted by Gasteiger charge is 2.35. The second kappa shape index (κ2) is 11.3. The third kappa shape index (κ3) is 5.12. The number of benzene rings is 3. The standard InChI is InChI=1S/C32H27N3O7S/c1-4-40-31(37)27-28(20-8-6-5-7-9-20)33-32-34(29(27)21-12-10-19(11-13-21)18(2)3)30(36)26(43-32)15-22-14-24-25(42-17-41-24)16-23(22)35(38)39/h5-16,18,29H,4,17H2,1-3H3/b26-15-/t29-/m0/s1. The van der Waals surface area contributed by atoms with Crippen molar-refractivity contribution in [2.24, 2.45) is 4.99 Å². The van der Waals surface area contributed by atoms with E-state index in [2.05, 4.69) is 13.8 Å². The summed E-state index contributed by atoms with van der Waals surface area (Å²) in [5.41, 5.74) is 2.66. The van der Waals surface area contributed by atoms with Crippen molar-refractivity contribution in [3.63, 3.8) is 0 Å². The maximum absolute atomic E-state index is 14.1.